The molecule has 0 unspecified atom stereocenters. The number of nitrogens with two attached hydrogens (primary N) is 1. The molecule has 0 saturated heterocycles. The molecule has 0 aliphatic heterocycles. The summed E-state index contributed by atoms with van der Waals surface area (Å²) in [5.74, 6) is 0.986. The van der Waals surface area contributed by atoms with Gasteiger partial charge in [-0.2, -0.15) is 4.98 Å². The first-order valence-electron chi connectivity index (χ1n) is 7.92. The van der Waals surface area contributed by atoms with E-state index in [2.05, 4.69) is 15.1 Å². The van der Waals surface area contributed by atoms with Gasteiger partial charge in [-0.1, -0.05) is 6.07 Å². The molecule has 0 aliphatic rings. The summed E-state index contributed by atoms with van der Waals surface area (Å²) in [7, 11) is 1.50. The highest BCUT2D eigenvalue weighted by atomic mass is 19.3. The number of alkyl halides is 2. The van der Waals surface area contributed by atoms with E-state index in [-0.39, 0.29) is 5.95 Å². The normalized spacial score (nSPS) is 11.7. The van der Waals surface area contributed by atoms with Crippen molar-refractivity contribution in [2.45, 2.75) is 19.9 Å². The summed E-state index contributed by atoms with van der Waals surface area (Å²) >= 11 is 0. The molecule has 0 spiro atoms. The van der Waals surface area contributed by atoms with Gasteiger partial charge in [-0.25, -0.2) is 18.3 Å². The van der Waals surface area contributed by atoms with Crippen LogP contribution in [0.5, 0.6) is 5.88 Å². The van der Waals surface area contributed by atoms with Crippen molar-refractivity contribution in [3.63, 3.8) is 0 Å². The lowest BCUT2D eigenvalue weighted by Gasteiger charge is -2.08. The summed E-state index contributed by atoms with van der Waals surface area (Å²) < 4.78 is 34.3. The predicted molar refractivity (Wildman–Crippen MR) is 93.4 cm³/mol. The SMILES string of the molecule is COc1nc(N)nn2ccc(-c3ccc4nc(C)n(CC(F)F)c4c3)c12. The quantitative estimate of drug-likeness (QED) is 0.606. The summed E-state index contributed by atoms with van der Waals surface area (Å²) in [5.41, 5.74) is 9.29. The molecule has 0 saturated carbocycles. The van der Waals surface area contributed by atoms with Crippen molar-refractivity contribution >= 4 is 22.5 Å². The molecule has 3 heterocycles. The second-order valence-corrected chi connectivity index (χ2v) is 5.87. The number of methoxy groups -OCH3 is 1. The molecule has 0 atom stereocenters. The molecule has 0 bridgehead atoms. The van der Waals surface area contributed by atoms with E-state index < -0.39 is 13.0 Å². The number of benzene rings is 1. The van der Waals surface area contributed by atoms with Gasteiger partial charge in [0.25, 0.3) is 6.43 Å². The van der Waals surface area contributed by atoms with Gasteiger partial charge in [0.05, 0.1) is 24.7 Å². The molecule has 0 radical (unpaired) electrons. The zero-order chi connectivity index (χ0) is 18.4. The molecule has 1 aromatic carbocycles. The minimum absolute atomic E-state index is 0.0950. The fourth-order valence-electron chi connectivity index (χ4n) is 3.16. The maximum absolute atomic E-state index is 12.9. The first-order chi connectivity index (χ1) is 12.5. The number of hydrogen-bond donors (Lipinski definition) is 1. The van der Waals surface area contributed by atoms with Crippen LogP contribution in [0.3, 0.4) is 0 Å². The lowest BCUT2D eigenvalue weighted by molar-refractivity contribution is 0.127. The minimum Gasteiger partial charge on any atom is -0.479 e. The van der Waals surface area contributed by atoms with Crippen LogP contribution in [0.25, 0.3) is 27.7 Å². The number of anilines is 1. The van der Waals surface area contributed by atoms with Gasteiger partial charge in [0, 0.05) is 11.8 Å². The lowest BCUT2D eigenvalue weighted by Crippen LogP contribution is -2.08. The van der Waals surface area contributed by atoms with Crippen LogP contribution in [0, 0.1) is 6.92 Å². The summed E-state index contributed by atoms with van der Waals surface area (Å²) in [4.78, 5) is 8.46. The van der Waals surface area contributed by atoms with Gasteiger partial charge in [-0.15, -0.1) is 5.10 Å². The number of aromatic nitrogens is 5. The smallest absolute Gasteiger partial charge is 0.256 e. The fourth-order valence-corrected chi connectivity index (χ4v) is 3.16. The number of nitrogen functional groups attached to an aromatic ring is 1. The molecule has 4 aromatic rings. The van der Waals surface area contributed by atoms with Gasteiger partial charge in [-0.05, 0) is 30.7 Å². The van der Waals surface area contributed by atoms with Gasteiger partial charge < -0.3 is 15.0 Å². The van der Waals surface area contributed by atoms with E-state index in [1.807, 2.05) is 24.3 Å². The Morgan fingerprint density at radius 1 is 1.23 bits per heavy atom. The minimum atomic E-state index is -2.46. The van der Waals surface area contributed by atoms with Crippen LogP contribution in [0.4, 0.5) is 14.7 Å². The van der Waals surface area contributed by atoms with E-state index in [4.69, 9.17) is 10.5 Å². The van der Waals surface area contributed by atoms with E-state index in [1.165, 1.54) is 11.7 Å². The Labute approximate surface area is 147 Å². The molecular formula is C17H16F2N6O. The molecule has 7 nitrogen and oxygen atoms in total. The zero-order valence-electron chi connectivity index (χ0n) is 14.1. The Balaban J connectivity index is 1.93. The summed E-state index contributed by atoms with van der Waals surface area (Å²) in [6.07, 6.45) is -0.710. The number of fused-ring (bicyclic) bond motifs is 2. The molecule has 134 valence electrons. The van der Waals surface area contributed by atoms with Crippen LogP contribution in [0.1, 0.15) is 5.82 Å². The van der Waals surface area contributed by atoms with Crippen LogP contribution in [0.15, 0.2) is 30.5 Å². The maximum Gasteiger partial charge on any atom is 0.256 e. The van der Waals surface area contributed by atoms with Gasteiger partial charge in [0.15, 0.2) is 0 Å². The first-order valence-corrected chi connectivity index (χ1v) is 7.92. The van der Waals surface area contributed by atoms with Gasteiger partial charge in [0.1, 0.15) is 11.3 Å². The fraction of sp³-hybridized carbons (Fsp3) is 0.235. The highest BCUT2D eigenvalue weighted by Gasteiger charge is 2.17. The summed E-state index contributed by atoms with van der Waals surface area (Å²) in [6.45, 7) is 1.32. The van der Waals surface area contributed by atoms with E-state index in [9.17, 15) is 8.78 Å². The average molecular weight is 358 g/mol. The van der Waals surface area contributed by atoms with Gasteiger partial charge in [-0.3, -0.25) is 0 Å². The number of ether oxygens (including phenoxy) is 1. The lowest BCUT2D eigenvalue weighted by atomic mass is 10.1. The Bertz CT molecular complexity index is 1120. The molecule has 0 aliphatic carbocycles. The van der Waals surface area contributed by atoms with E-state index in [1.54, 1.807) is 17.6 Å². The third kappa shape index (κ3) is 2.52. The zero-order valence-corrected chi connectivity index (χ0v) is 14.1. The monoisotopic (exact) mass is 358 g/mol. The highest BCUT2D eigenvalue weighted by molar-refractivity contribution is 5.89. The maximum atomic E-state index is 12.9. The Morgan fingerprint density at radius 2 is 2.04 bits per heavy atom. The third-order valence-corrected chi connectivity index (χ3v) is 4.26. The predicted octanol–water partition coefficient (Wildman–Crippen LogP) is 2.91. The summed E-state index contributed by atoms with van der Waals surface area (Å²) in [5, 5.41) is 4.14. The number of hydrogen-bond acceptors (Lipinski definition) is 5. The summed E-state index contributed by atoms with van der Waals surface area (Å²) in [6, 6.07) is 7.39. The number of nitrogens with zero attached hydrogens (tertiary/aromatic N) is 5. The van der Waals surface area contributed by atoms with Crippen LogP contribution < -0.4 is 10.5 Å². The average Bonchev–Trinajstić information content (AvgIpc) is 3.15. The Morgan fingerprint density at radius 3 is 2.77 bits per heavy atom. The molecule has 4 rings (SSSR count). The second-order valence-electron chi connectivity index (χ2n) is 5.87. The molecule has 2 N–H and O–H groups in total. The first kappa shape index (κ1) is 16.2. The van der Waals surface area contributed by atoms with E-state index >= 15 is 0 Å². The number of rotatable bonds is 4. The van der Waals surface area contributed by atoms with Crippen LogP contribution in [-0.2, 0) is 6.54 Å². The molecule has 0 amide bonds. The van der Waals surface area contributed by atoms with Gasteiger partial charge in [0.2, 0.25) is 11.8 Å². The van der Waals surface area contributed by atoms with E-state index in [0.29, 0.717) is 28.3 Å². The highest BCUT2D eigenvalue weighted by Crippen LogP contribution is 2.33. The molecular weight excluding hydrogens is 342 g/mol. The molecule has 3 aromatic heterocycles. The van der Waals surface area contributed by atoms with Crippen LogP contribution in [-0.4, -0.2) is 37.7 Å². The standard InChI is InChI=1S/C17H16F2N6O/c1-9-21-12-4-3-10(7-13(12)24(9)8-14(18)19)11-5-6-25-15(11)16(26-2)22-17(20)23-25/h3-7,14H,8H2,1-2H3,(H2,20,23). The van der Waals surface area contributed by atoms with Crippen molar-refractivity contribution in [2.75, 3.05) is 12.8 Å². The topological polar surface area (TPSA) is 83.3 Å². The van der Waals surface area contributed by atoms with Crippen molar-refractivity contribution in [3.05, 3.63) is 36.3 Å². The number of halogens is 2. The van der Waals surface area contributed by atoms with Crippen molar-refractivity contribution in [2.24, 2.45) is 0 Å². The molecule has 26 heavy (non-hydrogen) atoms. The van der Waals surface area contributed by atoms with Crippen LogP contribution >= 0.6 is 0 Å². The Hall–Kier alpha value is -3.23. The molecule has 0 fully saturated rings. The van der Waals surface area contributed by atoms with Gasteiger partial charge >= 0.3 is 0 Å². The second kappa shape index (κ2) is 5.94. The number of imidazole rings is 1. The van der Waals surface area contributed by atoms with Crippen molar-refractivity contribution in [1.82, 2.24) is 24.1 Å². The Kier molecular flexibility index (Phi) is 3.71. The number of aryl methyl sites for hydroxylation is 1. The van der Waals surface area contributed by atoms with Crippen LogP contribution in [0.2, 0.25) is 0 Å². The molecule has 9 heteroatoms. The largest absolute Gasteiger partial charge is 0.479 e. The van der Waals surface area contributed by atoms with Crippen molar-refractivity contribution < 1.29 is 13.5 Å². The van der Waals surface area contributed by atoms with Crippen molar-refractivity contribution in [3.8, 4) is 17.0 Å². The van der Waals surface area contributed by atoms with Crippen molar-refractivity contribution in [1.29, 1.82) is 0 Å². The third-order valence-electron chi connectivity index (χ3n) is 4.26. The van der Waals surface area contributed by atoms with E-state index in [0.717, 1.165) is 11.1 Å².